The molecule has 1 aliphatic carbocycles. The average molecular weight is 383 g/mol. The quantitative estimate of drug-likeness (QED) is 0.705. The van der Waals surface area contributed by atoms with Gasteiger partial charge in [0.05, 0.1) is 0 Å². The van der Waals surface area contributed by atoms with Crippen LogP contribution in [0.1, 0.15) is 50.6 Å². The molecule has 0 bridgehead atoms. The van der Waals surface area contributed by atoms with E-state index in [9.17, 15) is 9.59 Å². The molecular formula is C17H25BrN3O2+. The number of urea groups is 1. The molecule has 3 amide bonds. The van der Waals surface area contributed by atoms with Crippen molar-refractivity contribution in [1.82, 2.24) is 10.6 Å². The normalized spacial score (nSPS) is 16.1. The Morgan fingerprint density at radius 3 is 2.52 bits per heavy atom. The predicted octanol–water partition coefficient (Wildman–Crippen LogP) is 2.23. The average Bonchev–Trinajstić information content (AvgIpc) is 3.02. The Balaban J connectivity index is 1.75. The molecule has 0 unspecified atom stereocenters. The van der Waals surface area contributed by atoms with Crippen molar-refractivity contribution in [3.8, 4) is 0 Å². The van der Waals surface area contributed by atoms with E-state index in [4.69, 9.17) is 0 Å². The first kappa shape index (κ1) is 17.9. The largest absolute Gasteiger partial charge is 0.335 e. The van der Waals surface area contributed by atoms with Crippen LogP contribution in [0.3, 0.4) is 0 Å². The van der Waals surface area contributed by atoms with Crippen LogP contribution in [-0.4, -0.2) is 24.5 Å². The Morgan fingerprint density at radius 2 is 1.91 bits per heavy atom. The Bertz CT molecular complexity index is 527. The van der Waals surface area contributed by atoms with E-state index >= 15 is 0 Å². The zero-order valence-electron chi connectivity index (χ0n) is 13.5. The molecule has 5 nitrogen and oxygen atoms in total. The molecule has 1 aromatic rings. The molecule has 1 saturated carbocycles. The second-order valence-corrected chi connectivity index (χ2v) is 6.92. The molecule has 1 aromatic carbocycles. The van der Waals surface area contributed by atoms with Gasteiger partial charge in [0.1, 0.15) is 6.04 Å². The molecule has 2 rings (SSSR count). The maximum atomic E-state index is 11.9. The van der Waals surface area contributed by atoms with Crippen molar-refractivity contribution in [1.29, 1.82) is 0 Å². The molecule has 1 fully saturated rings. The maximum absolute atomic E-state index is 11.9. The van der Waals surface area contributed by atoms with Gasteiger partial charge in [-0.2, -0.15) is 0 Å². The lowest BCUT2D eigenvalue weighted by Gasteiger charge is -2.15. The zero-order valence-corrected chi connectivity index (χ0v) is 15.1. The highest BCUT2D eigenvalue weighted by atomic mass is 79.9. The third-order valence-corrected chi connectivity index (χ3v) is 4.80. The number of hydrogen-bond donors (Lipinski definition) is 3. The number of hydrogen-bond acceptors (Lipinski definition) is 2. The van der Waals surface area contributed by atoms with Gasteiger partial charge in [-0.3, -0.25) is 10.1 Å². The van der Waals surface area contributed by atoms with E-state index in [-0.39, 0.29) is 30.6 Å². The van der Waals surface area contributed by atoms with E-state index in [1.807, 2.05) is 17.4 Å². The maximum Gasteiger partial charge on any atom is 0.321 e. The van der Waals surface area contributed by atoms with Crippen molar-refractivity contribution >= 4 is 27.9 Å². The summed E-state index contributed by atoms with van der Waals surface area (Å²) in [5, 5.41) is 7.25. The number of benzene rings is 1. The molecule has 0 aromatic heterocycles. The molecule has 126 valence electrons. The number of carbonyl (C=O) groups is 2. The number of quaternary nitrogens is 1. The van der Waals surface area contributed by atoms with E-state index in [0.29, 0.717) is 0 Å². The molecule has 0 aliphatic heterocycles. The monoisotopic (exact) mass is 382 g/mol. The van der Waals surface area contributed by atoms with Crippen molar-refractivity contribution < 1.29 is 14.9 Å². The first-order chi connectivity index (χ1) is 11.1. The molecule has 0 spiro atoms. The number of amides is 3. The summed E-state index contributed by atoms with van der Waals surface area (Å²) in [7, 11) is 0. The van der Waals surface area contributed by atoms with E-state index in [0.717, 1.165) is 36.6 Å². The lowest BCUT2D eigenvalue weighted by Crippen LogP contribution is -2.87. The fourth-order valence-corrected chi connectivity index (χ4v) is 3.23. The van der Waals surface area contributed by atoms with Crippen LogP contribution in [0.15, 0.2) is 28.7 Å². The zero-order chi connectivity index (χ0) is 16.7. The van der Waals surface area contributed by atoms with E-state index < -0.39 is 0 Å². The van der Waals surface area contributed by atoms with Gasteiger partial charge in [-0.1, -0.05) is 47.8 Å². The SMILES string of the molecule is CC[C@@H]([NH2+]CC(=O)NC(=O)NC1CCCC1)c1ccc(Br)cc1. The fraction of sp³-hybridized carbons (Fsp3) is 0.529. The Hall–Kier alpha value is -1.40. The molecule has 0 saturated heterocycles. The number of nitrogens with one attached hydrogen (secondary N) is 2. The Kier molecular flexibility index (Phi) is 7.05. The number of imide groups is 1. The fourth-order valence-electron chi connectivity index (χ4n) is 2.97. The minimum atomic E-state index is -0.369. The van der Waals surface area contributed by atoms with Crippen molar-refractivity contribution in [2.45, 2.75) is 51.1 Å². The van der Waals surface area contributed by atoms with Crippen LogP contribution in [0.25, 0.3) is 0 Å². The van der Waals surface area contributed by atoms with Gasteiger partial charge in [0.15, 0.2) is 6.54 Å². The van der Waals surface area contributed by atoms with Gasteiger partial charge in [-0.25, -0.2) is 4.79 Å². The highest BCUT2D eigenvalue weighted by Gasteiger charge is 2.19. The molecule has 4 N–H and O–H groups in total. The van der Waals surface area contributed by atoms with Crippen molar-refractivity contribution in [2.75, 3.05) is 6.54 Å². The predicted molar refractivity (Wildman–Crippen MR) is 92.9 cm³/mol. The van der Waals surface area contributed by atoms with Gasteiger partial charge >= 0.3 is 6.03 Å². The Morgan fingerprint density at radius 1 is 1.26 bits per heavy atom. The highest BCUT2D eigenvalue weighted by molar-refractivity contribution is 9.10. The van der Waals surface area contributed by atoms with Gasteiger partial charge in [0, 0.05) is 22.5 Å². The summed E-state index contributed by atoms with van der Waals surface area (Å²) in [6.07, 6.45) is 5.24. The summed E-state index contributed by atoms with van der Waals surface area (Å²) >= 11 is 3.42. The van der Waals surface area contributed by atoms with Crippen molar-refractivity contribution in [3.05, 3.63) is 34.3 Å². The van der Waals surface area contributed by atoms with Gasteiger partial charge < -0.3 is 10.6 Å². The third kappa shape index (κ3) is 5.95. The smallest absolute Gasteiger partial charge is 0.321 e. The first-order valence-corrected chi connectivity index (χ1v) is 9.07. The summed E-state index contributed by atoms with van der Waals surface area (Å²) in [5.74, 6) is -0.254. The molecule has 6 heteroatoms. The van der Waals surface area contributed by atoms with Gasteiger partial charge in [-0.15, -0.1) is 0 Å². The summed E-state index contributed by atoms with van der Waals surface area (Å²) in [5.41, 5.74) is 1.18. The topological polar surface area (TPSA) is 74.8 Å². The lowest BCUT2D eigenvalue weighted by atomic mass is 10.0. The number of rotatable bonds is 6. The second-order valence-electron chi connectivity index (χ2n) is 6.01. The summed E-state index contributed by atoms with van der Waals surface area (Å²) in [4.78, 5) is 23.7. The molecule has 23 heavy (non-hydrogen) atoms. The minimum absolute atomic E-state index is 0.215. The number of nitrogens with two attached hydrogens (primary N) is 1. The Labute approximate surface area is 145 Å². The molecule has 0 radical (unpaired) electrons. The summed E-state index contributed by atoms with van der Waals surface area (Å²) in [6, 6.07) is 8.18. The van der Waals surface area contributed by atoms with E-state index in [1.54, 1.807) is 0 Å². The summed E-state index contributed by atoms with van der Waals surface area (Å²) < 4.78 is 1.04. The first-order valence-electron chi connectivity index (χ1n) is 8.27. The van der Waals surface area contributed by atoms with Crippen LogP contribution in [0.5, 0.6) is 0 Å². The van der Waals surface area contributed by atoms with E-state index in [1.165, 1.54) is 5.56 Å². The van der Waals surface area contributed by atoms with E-state index in [2.05, 4.69) is 45.6 Å². The van der Waals surface area contributed by atoms with Crippen LogP contribution in [0.4, 0.5) is 4.79 Å². The molecule has 1 aliphatic rings. The van der Waals surface area contributed by atoms with Crippen LogP contribution in [0, 0.1) is 0 Å². The molecule has 1 atom stereocenters. The van der Waals surface area contributed by atoms with Gasteiger partial charge in [-0.05, 0) is 25.0 Å². The number of carbonyl (C=O) groups excluding carboxylic acids is 2. The second kappa shape index (κ2) is 9.03. The molecule has 0 heterocycles. The van der Waals surface area contributed by atoms with Crippen LogP contribution >= 0.6 is 15.9 Å². The van der Waals surface area contributed by atoms with Gasteiger partial charge in [0.2, 0.25) is 0 Å². The minimum Gasteiger partial charge on any atom is -0.335 e. The van der Waals surface area contributed by atoms with Crippen LogP contribution in [0.2, 0.25) is 0 Å². The van der Waals surface area contributed by atoms with Gasteiger partial charge in [0.25, 0.3) is 5.91 Å². The number of halogens is 1. The molecular weight excluding hydrogens is 358 g/mol. The lowest BCUT2D eigenvalue weighted by molar-refractivity contribution is -0.686. The van der Waals surface area contributed by atoms with Crippen LogP contribution in [-0.2, 0) is 4.79 Å². The highest BCUT2D eigenvalue weighted by Crippen LogP contribution is 2.17. The standard InChI is InChI=1S/C17H24BrN3O2/c1-2-15(12-7-9-13(18)10-8-12)19-11-16(22)21-17(23)20-14-5-3-4-6-14/h7-10,14-15,19H,2-6,11H2,1H3,(H2,20,21,22,23)/p+1/t15-/m1/s1. The summed E-state index contributed by atoms with van der Waals surface area (Å²) in [6.45, 7) is 2.33. The third-order valence-electron chi connectivity index (χ3n) is 4.27. The van der Waals surface area contributed by atoms with Crippen LogP contribution < -0.4 is 16.0 Å². The van der Waals surface area contributed by atoms with Crippen molar-refractivity contribution in [3.63, 3.8) is 0 Å². The van der Waals surface area contributed by atoms with Crippen molar-refractivity contribution in [2.24, 2.45) is 0 Å².